The van der Waals surface area contributed by atoms with Gasteiger partial charge >= 0.3 is 5.97 Å². The van der Waals surface area contributed by atoms with Crippen LogP contribution >= 0.6 is 0 Å². The zero-order valence-corrected chi connectivity index (χ0v) is 14.9. The molecule has 0 aliphatic carbocycles. The Bertz CT molecular complexity index is 551. The number of aliphatic carboxylic acids is 1. The first-order valence-electron chi connectivity index (χ1n) is 8.11. The molecule has 11 heteroatoms. The fourth-order valence-corrected chi connectivity index (χ4v) is 1.94. The van der Waals surface area contributed by atoms with Crippen LogP contribution in [0, 0.1) is 5.92 Å². The van der Waals surface area contributed by atoms with Gasteiger partial charge in [-0.05, 0) is 18.8 Å². The van der Waals surface area contributed by atoms with Gasteiger partial charge in [-0.2, -0.15) is 0 Å². The van der Waals surface area contributed by atoms with Crippen molar-refractivity contribution < 1.29 is 29.1 Å². The van der Waals surface area contributed by atoms with Gasteiger partial charge < -0.3 is 32.9 Å². The van der Waals surface area contributed by atoms with Crippen molar-refractivity contribution in [1.29, 1.82) is 0 Å². The lowest BCUT2D eigenvalue weighted by atomic mass is 10.0. The van der Waals surface area contributed by atoms with Gasteiger partial charge in [0, 0.05) is 12.8 Å². The largest absolute Gasteiger partial charge is 0.480 e. The summed E-state index contributed by atoms with van der Waals surface area (Å²) in [5.41, 5.74) is 15.7. The van der Waals surface area contributed by atoms with Crippen LogP contribution in [-0.4, -0.2) is 52.8 Å². The van der Waals surface area contributed by atoms with Gasteiger partial charge in [-0.15, -0.1) is 0 Å². The molecule has 0 aliphatic rings. The first kappa shape index (κ1) is 23.3. The summed E-state index contributed by atoms with van der Waals surface area (Å²) in [7, 11) is 0. The fourth-order valence-electron chi connectivity index (χ4n) is 1.94. The summed E-state index contributed by atoms with van der Waals surface area (Å²) in [6.45, 7) is 3.43. The Balaban J connectivity index is 5.11. The molecule has 0 aromatic carbocycles. The van der Waals surface area contributed by atoms with E-state index in [0.29, 0.717) is 0 Å². The number of carboxylic acid groups (broad SMARTS) is 1. The lowest BCUT2D eigenvalue weighted by molar-refractivity contribution is -0.142. The van der Waals surface area contributed by atoms with E-state index in [9.17, 15) is 24.0 Å². The summed E-state index contributed by atoms with van der Waals surface area (Å²) in [5.74, 6) is -4.41. The molecule has 0 saturated heterocycles. The van der Waals surface area contributed by atoms with Crippen LogP contribution in [0.5, 0.6) is 0 Å². The Hall–Kier alpha value is -2.69. The van der Waals surface area contributed by atoms with E-state index in [-0.39, 0.29) is 31.6 Å². The highest BCUT2D eigenvalue weighted by Gasteiger charge is 2.29. The molecule has 0 aliphatic heterocycles. The number of carbonyl (C=O) groups is 5. The lowest BCUT2D eigenvalue weighted by Crippen LogP contribution is -2.55. The lowest BCUT2D eigenvalue weighted by Gasteiger charge is -2.23. The molecule has 148 valence electrons. The van der Waals surface area contributed by atoms with Crippen molar-refractivity contribution in [3.63, 3.8) is 0 Å². The van der Waals surface area contributed by atoms with E-state index in [1.165, 1.54) is 0 Å². The van der Waals surface area contributed by atoms with Crippen molar-refractivity contribution in [3.8, 4) is 0 Å². The molecule has 0 spiro atoms. The molecule has 11 nitrogen and oxygen atoms in total. The average molecular weight is 373 g/mol. The molecule has 0 aromatic rings. The minimum absolute atomic E-state index is 0.125. The second-order valence-corrected chi connectivity index (χ2v) is 6.24. The van der Waals surface area contributed by atoms with Crippen LogP contribution in [0.2, 0.25) is 0 Å². The molecule has 9 N–H and O–H groups in total. The summed E-state index contributed by atoms with van der Waals surface area (Å²) in [6, 6.07) is -3.46. The molecule has 3 atom stereocenters. The van der Waals surface area contributed by atoms with E-state index in [1.54, 1.807) is 13.8 Å². The number of carbonyl (C=O) groups excluding carboxylic acids is 4. The van der Waals surface area contributed by atoms with Crippen molar-refractivity contribution in [2.75, 3.05) is 0 Å². The van der Waals surface area contributed by atoms with Gasteiger partial charge in [0.15, 0.2) is 0 Å². The number of rotatable bonds is 12. The fraction of sp³-hybridized carbons (Fsp3) is 0.667. The molecule has 0 aromatic heterocycles. The van der Waals surface area contributed by atoms with E-state index in [0.717, 1.165) is 0 Å². The van der Waals surface area contributed by atoms with E-state index in [2.05, 4.69) is 10.6 Å². The van der Waals surface area contributed by atoms with Crippen LogP contribution < -0.4 is 27.8 Å². The van der Waals surface area contributed by atoms with E-state index >= 15 is 0 Å². The number of nitrogens with two attached hydrogens (primary N) is 3. The third-order valence-electron chi connectivity index (χ3n) is 3.63. The Labute approximate surface area is 151 Å². The normalized spacial score (nSPS) is 14.2. The monoisotopic (exact) mass is 373 g/mol. The van der Waals surface area contributed by atoms with Crippen molar-refractivity contribution in [1.82, 2.24) is 10.6 Å². The maximum Gasteiger partial charge on any atom is 0.326 e. The third-order valence-corrected chi connectivity index (χ3v) is 3.63. The second-order valence-electron chi connectivity index (χ2n) is 6.24. The number of nitrogens with one attached hydrogen (secondary N) is 2. The predicted molar refractivity (Wildman–Crippen MR) is 91.2 cm³/mol. The highest BCUT2D eigenvalue weighted by Crippen LogP contribution is 2.04. The molecule has 4 amide bonds. The molecule has 0 heterocycles. The first-order valence-corrected chi connectivity index (χ1v) is 8.11. The smallest absolute Gasteiger partial charge is 0.326 e. The highest BCUT2D eigenvalue weighted by molar-refractivity contribution is 5.92. The predicted octanol–water partition coefficient (Wildman–Crippen LogP) is -2.45. The Morgan fingerprint density at radius 3 is 1.65 bits per heavy atom. The number of hydrogen-bond donors (Lipinski definition) is 6. The number of primary amides is 2. The van der Waals surface area contributed by atoms with Gasteiger partial charge in [0.25, 0.3) is 0 Å². The standard InChI is InChI=1S/C15H27N5O6/c1-7(2)12(18)14(24)19-8(3-5-10(16)21)13(23)20-9(15(25)26)4-6-11(17)22/h7-9,12H,3-6,18H2,1-2H3,(H2,16,21)(H2,17,22)(H,19,24)(H,20,23)(H,25,26)/t8-,9-,12-/m0/s1. The summed E-state index contributed by atoms with van der Waals surface area (Å²) in [6.07, 6.45) is -0.777. The van der Waals surface area contributed by atoms with E-state index in [4.69, 9.17) is 22.3 Å². The second kappa shape index (κ2) is 11.0. The van der Waals surface area contributed by atoms with E-state index in [1.807, 2.05) is 0 Å². The molecule has 0 radical (unpaired) electrons. The molecular formula is C15H27N5O6. The Kier molecular flexibility index (Phi) is 9.89. The zero-order chi connectivity index (χ0) is 20.4. The van der Waals surface area contributed by atoms with Crippen LogP contribution in [0.3, 0.4) is 0 Å². The van der Waals surface area contributed by atoms with Crippen molar-refractivity contribution in [3.05, 3.63) is 0 Å². The van der Waals surface area contributed by atoms with Crippen LogP contribution in [0.15, 0.2) is 0 Å². The van der Waals surface area contributed by atoms with Crippen molar-refractivity contribution in [2.24, 2.45) is 23.1 Å². The molecule has 26 heavy (non-hydrogen) atoms. The quantitative estimate of drug-likeness (QED) is 0.217. The van der Waals surface area contributed by atoms with Gasteiger partial charge in [0.05, 0.1) is 6.04 Å². The molecule has 0 fully saturated rings. The molecule has 0 saturated carbocycles. The summed E-state index contributed by atoms with van der Waals surface area (Å²) in [5, 5.41) is 13.7. The maximum absolute atomic E-state index is 12.3. The average Bonchev–Trinajstić information content (AvgIpc) is 2.53. The van der Waals surface area contributed by atoms with Gasteiger partial charge in [0.1, 0.15) is 12.1 Å². The number of amides is 4. The van der Waals surface area contributed by atoms with Gasteiger partial charge in [-0.1, -0.05) is 13.8 Å². The minimum Gasteiger partial charge on any atom is -0.480 e. The SMILES string of the molecule is CC(C)[C@H](N)C(=O)N[C@@H](CCC(N)=O)C(=O)N[C@@H](CCC(N)=O)C(=O)O. The summed E-state index contributed by atoms with van der Waals surface area (Å²) >= 11 is 0. The van der Waals surface area contributed by atoms with Crippen molar-refractivity contribution in [2.45, 2.75) is 57.7 Å². The first-order chi connectivity index (χ1) is 12.0. The molecule has 0 unspecified atom stereocenters. The summed E-state index contributed by atoms with van der Waals surface area (Å²) in [4.78, 5) is 57.4. The van der Waals surface area contributed by atoms with Crippen LogP contribution in [0.4, 0.5) is 0 Å². The zero-order valence-electron chi connectivity index (χ0n) is 14.9. The molecular weight excluding hydrogens is 346 g/mol. The molecule has 0 bridgehead atoms. The van der Waals surface area contributed by atoms with Gasteiger partial charge in [0.2, 0.25) is 23.6 Å². The van der Waals surface area contributed by atoms with Crippen LogP contribution in [-0.2, 0) is 24.0 Å². The maximum atomic E-state index is 12.3. The highest BCUT2D eigenvalue weighted by atomic mass is 16.4. The van der Waals surface area contributed by atoms with Gasteiger partial charge in [-0.25, -0.2) is 4.79 Å². The number of carboxylic acids is 1. The third kappa shape index (κ3) is 8.97. The van der Waals surface area contributed by atoms with Crippen LogP contribution in [0.25, 0.3) is 0 Å². The van der Waals surface area contributed by atoms with Crippen molar-refractivity contribution >= 4 is 29.6 Å². The molecule has 0 rings (SSSR count). The number of hydrogen-bond acceptors (Lipinski definition) is 6. The Morgan fingerprint density at radius 2 is 1.27 bits per heavy atom. The van der Waals surface area contributed by atoms with E-state index < -0.39 is 47.7 Å². The van der Waals surface area contributed by atoms with Crippen LogP contribution in [0.1, 0.15) is 39.5 Å². The summed E-state index contributed by atoms with van der Waals surface area (Å²) < 4.78 is 0. The Morgan fingerprint density at radius 1 is 0.846 bits per heavy atom. The van der Waals surface area contributed by atoms with Gasteiger partial charge in [-0.3, -0.25) is 19.2 Å². The topological polar surface area (TPSA) is 208 Å². The minimum atomic E-state index is -1.37.